The summed E-state index contributed by atoms with van der Waals surface area (Å²) in [4.78, 5) is 28.0. The van der Waals surface area contributed by atoms with E-state index >= 15 is 0 Å². The first-order valence-electron chi connectivity index (χ1n) is 11.0. The summed E-state index contributed by atoms with van der Waals surface area (Å²) in [7, 11) is 0. The van der Waals surface area contributed by atoms with Gasteiger partial charge in [-0.25, -0.2) is 0 Å². The summed E-state index contributed by atoms with van der Waals surface area (Å²) in [5.41, 5.74) is 2.13. The first kappa shape index (κ1) is 23.3. The molecule has 1 N–H and O–H groups in total. The van der Waals surface area contributed by atoms with E-state index in [1.807, 2.05) is 62.4 Å². The molecule has 1 unspecified atom stereocenters. The predicted octanol–water partition coefficient (Wildman–Crippen LogP) is 5.00. The Balaban J connectivity index is 1.76. The third-order valence-corrected chi connectivity index (χ3v) is 6.39. The van der Waals surface area contributed by atoms with Crippen LogP contribution in [0.3, 0.4) is 0 Å². The minimum atomic E-state index is -0.527. The van der Waals surface area contributed by atoms with E-state index in [1.54, 1.807) is 4.90 Å². The second-order valence-corrected chi connectivity index (χ2v) is 9.02. The summed E-state index contributed by atoms with van der Waals surface area (Å²) in [6, 6.07) is 15.0. The smallest absolute Gasteiger partial charge is 0.261 e. The summed E-state index contributed by atoms with van der Waals surface area (Å²) in [5.74, 6) is 0.357. The Morgan fingerprint density at radius 3 is 2.45 bits per heavy atom. The van der Waals surface area contributed by atoms with Gasteiger partial charge in [0.25, 0.3) is 5.91 Å². The molecule has 2 aromatic rings. The van der Waals surface area contributed by atoms with Gasteiger partial charge in [0.2, 0.25) is 5.91 Å². The first-order valence-corrected chi connectivity index (χ1v) is 11.8. The topological polar surface area (TPSA) is 58.6 Å². The van der Waals surface area contributed by atoms with Crippen LogP contribution in [0.1, 0.15) is 50.2 Å². The quantitative estimate of drug-likeness (QED) is 0.542. The van der Waals surface area contributed by atoms with Crippen molar-refractivity contribution in [2.45, 2.75) is 64.6 Å². The lowest BCUT2D eigenvalue weighted by Crippen LogP contribution is -2.52. The molecule has 31 heavy (non-hydrogen) atoms. The maximum absolute atomic E-state index is 13.3. The van der Waals surface area contributed by atoms with Gasteiger partial charge in [-0.05, 0) is 61.6 Å². The van der Waals surface area contributed by atoms with Crippen molar-refractivity contribution in [3.8, 4) is 5.75 Å². The SMILES string of the molecule is CCC(C(=O)NC1CCCC1)N(Cc1ccccc1C)C(=O)COc1ccc(Br)cc1. The highest BCUT2D eigenvalue weighted by Crippen LogP contribution is 2.21. The van der Waals surface area contributed by atoms with Crippen LogP contribution in [0.2, 0.25) is 0 Å². The molecule has 0 aliphatic heterocycles. The number of aryl methyl sites for hydroxylation is 1. The fourth-order valence-electron chi connectivity index (χ4n) is 4.02. The first-order chi connectivity index (χ1) is 15.0. The van der Waals surface area contributed by atoms with Gasteiger partial charge in [0.15, 0.2) is 6.61 Å². The van der Waals surface area contributed by atoms with Gasteiger partial charge in [-0.2, -0.15) is 0 Å². The van der Waals surface area contributed by atoms with Gasteiger partial charge in [-0.3, -0.25) is 9.59 Å². The molecule has 2 amide bonds. The van der Waals surface area contributed by atoms with E-state index in [2.05, 4.69) is 21.2 Å². The maximum Gasteiger partial charge on any atom is 0.261 e. The van der Waals surface area contributed by atoms with Crippen LogP contribution in [-0.2, 0) is 16.1 Å². The van der Waals surface area contributed by atoms with Crippen molar-refractivity contribution < 1.29 is 14.3 Å². The fourth-order valence-corrected chi connectivity index (χ4v) is 4.28. The molecule has 3 rings (SSSR count). The third kappa shape index (κ3) is 6.57. The van der Waals surface area contributed by atoms with Gasteiger partial charge in [0.05, 0.1) is 0 Å². The van der Waals surface area contributed by atoms with Crippen molar-refractivity contribution >= 4 is 27.7 Å². The number of hydrogen-bond acceptors (Lipinski definition) is 3. The molecule has 0 bridgehead atoms. The standard InChI is InChI=1S/C25H31BrN2O3/c1-3-23(25(30)27-21-10-6-7-11-21)28(16-19-9-5-4-8-18(19)2)24(29)17-31-22-14-12-20(26)13-15-22/h4-5,8-9,12-15,21,23H,3,6-7,10-11,16-17H2,1-2H3,(H,27,30). The van der Waals surface area contributed by atoms with Crippen LogP contribution in [0.25, 0.3) is 0 Å². The minimum absolute atomic E-state index is 0.0695. The maximum atomic E-state index is 13.3. The Hall–Kier alpha value is -2.34. The predicted molar refractivity (Wildman–Crippen MR) is 126 cm³/mol. The second kappa shape index (κ2) is 11.3. The number of carbonyl (C=O) groups is 2. The molecule has 0 radical (unpaired) electrons. The van der Waals surface area contributed by atoms with Crippen molar-refractivity contribution in [2.75, 3.05) is 6.61 Å². The second-order valence-electron chi connectivity index (χ2n) is 8.10. The number of amides is 2. The number of rotatable bonds is 9. The van der Waals surface area contributed by atoms with Crippen LogP contribution in [0.15, 0.2) is 53.0 Å². The molecule has 1 aliphatic rings. The van der Waals surface area contributed by atoms with Crippen molar-refractivity contribution in [1.29, 1.82) is 0 Å². The van der Waals surface area contributed by atoms with Crippen LogP contribution >= 0.6 is 15.9 Å². The number of ether oxygens (including phenoxy) is 1. The van der Waals surface area contributed by atoms with Crippen molar-refractivity contribution in [1.82, 2.24) is 10.2 Å². The van der Waals surface area contributed by atoms with Crippen molar-refractivity contribution in [2.24, 2.45) is 0 Å². The molecule has 1 saturated carbocycles. The van der Waals surface area contributed by atoms with Gasteiger partial charge in [0, 0.05) is 17.1 Å². The highest BCUT2D eigenvalue weighted by Gasteiger charge is 2.31. The Bertz CT molecular complexity index is 879. The number of benzene rings is 2. The number of halogens is 1. The van der Waals surface area contributed by atoms with E-state index in [-0.39, 0.29) is 24.5 Å². The molecule has 0 heterocycles. The highest BCUT2D eigenvalue weighted by atomic mass is 79.9. The van der Waals surface area contributed by atoms with Crippen LogP contribution in [0.4, 0.5) is 0 Å². The highest BCUT2D eigenvalue weighted by molar-refractivity contribution is 9.10. The molecule has 1 fully saturated rings. The zero-order valence-electron chi connectivity index (χ0n) is 18.3. The van der Waals surface area contributed by atoms with E-state index in [0.717, 1.165) is 41.3 Å². The van der Waals surface area contributed by atoms with Gasteiger partial charge in [0.1, 0.15) is 11.8 Å². The van der Waals surface area contributed by atoms with Crippen LogP contribution in [0, 0.1) is 6.92 Å². The summed E-state index contributed by atoms with van der Waals surface area (Å²) < 4.78 is 6.68. The van der Waals surface area contributed by atoms with Crippen molar-refractivity contribution in [3.05, 3.63) is 64.1 Å². The van der Waals surface area contributed by atoms with Gasteiger partial charge < -0.3 is 15.0 Å². The molecule has 0 spiro atoms. The average Bonchev–Trinajstić information content (AvgIpc) is 3.27. The van der Waals surface area contributed by atoms with Gasteiger partial charge >= 0.3 is 0 Å². The lowest BCUT2D eigenvalue weighted by molar-refractivity contribution is -0.143. The Labute approximate surface area is 193 Å². The molecular formula is C25H31BrN2O3. The lowest BCUT2D eigenvalue weighted by atomic mass is 10.1. The zero-order chi connectivity index (χ0) is 22.2. The summed E-state index contributed by atoms with van der Waals surface area (Å²) in [6.07, 6.45) is 4.87. The Morgan fingerprint density at radius 1 is 1.13 bits per heavy atom. The lowest BCUT2D eigenvalue weighted by Gasteiger charge is -2.31. The van der Waals surface area contributed by atoms with E-state index in [9.17, 15) is 9.59 Å². The largest absolute Gasteiger partial charge is 0.484 e. The van der Waals surface area contributed by atoms with Crippen LogP contribution in [0.5, 0.6) is 5.75 Å². The van der Waals surface area contributed by atoms with Crippen LogP contribution in [-0.4, -0.2) is 35.4 Å². The molecule has 166 valence electrons. The van der Waals surface area contributed by atoms with Gasteiger partial charge in [-0.1, -0.05) is 60.0 Å². The fraction of sp³-hybridized carbons (Fsp3) is 0.440. The molecular weight excluding hydrogens is 456 g/mol. The molecule has 6 heteroatoms. The third-order valence-electron chi connectivity index (χ3n) is 5.87. The molecule has 5 nitrogen and oxygen atoms in total. The number of carbonyl (C=O) groups excluding carboxylic acids is 2. The zero-order valence-corrected chi connectivity index (χ0v) is 19.9. The summed E-state index contributed by atoms with van der Waals surface area (Å²) in [6.45, 7) is 4.25. The molecule has 1 aliphatic carbocycles. The average molecular weight is 487 g/mol. The number of nitrogens with one attached hydrogen (secondary N) is 1. The molecule has 2 aromatic carbocycles. The van der Waals surface area contributed by atoms with Crippen LogP contribution < -0.4 is 10.1 Å². The van der Waals surface area contributed by atoms with E-state index < -0.39 is 6.04 Å². The Morgan fingerprint density at radius 2 is 1.81 bits per heavy atom. The molecule has 1 atom stereocenters. The molecule has 0 saturated heterocycles. The number of nitrogens with zero attached hydrogens (tertiary/aromatic N) is 1. The van der Waals surface area contributed by atoms with E-state index in [4.69, 9.17) is 4.74 Å². The number of hydrogen-bond donors (Lipinski definition) is 1. The Kier molecular flexibility index (Phi) is 8.52. The van der Waals surface area contributed by atoms with Gasteiger partial charge in [-0.15, -0.1) is 0 Å². The molecule has 0 aromatic heterocycles. The summed E-state index contributed by atoms with van der Waals surface area (Å²) >= 11 is 3.40. The monoisotopic (exact) mass is 486 g/mol. The normalized spacial score (nSPS) is 14.8. The summed E-state index contributed by atoms with van der Waals surface area (Å²) in [5, 5.41) is 3.17. The van der Waals surface area contributed by atoms with Crippen molar-refractivity contribution in [3.63, 3.8) is 0 Å². The van der Waals surface area contributed by atoms with E-state index in [1.165, 1.54) is 0 Å². The van der Waals surface area contributed by atoms with E-state index in [0.29, 0.717) is 18.7 Å². The minimum Gasteiger partial charge on any atom is -0.484 e.